The number of hydrogen-bond acceptors (Lipinski definition) is 4. The average molecular weight is 295 g/mol. The zero-order valence-corrected chi connectivity index (χ0v) is 12.0. The fourth-order valence-electron chi connectivity index (χ4n) is 1.71. The van der Waals surface area contributed by atoms with E-state index in [4.69, 9.17) is 4.74 Å². The Kier molecular flexibility index (Phi) is 4.75. The molecule has 20 heavy (non-hydrogen) atoms. The van der Waals surface area contributed by atoms with E-state index in [1.807, 2.05) is 19.1 Å². The molecule has 1 aromatic carbocycles. The molecular formula is C13H17N3O3S. The van der Waals surface area contributed by atoms with Gasteiger partial charge in [-0.05, 0) is 25.1 Å². The molecule has 0 saturated heterocycles. The maximum absolute atomic E-state index is 11.9. The van der Waals surface area contributed by atoms with E-state index in [9.17, 15) is 8.42 Å². The molecule has 0 saturated carbocycles. The van der Waals surface area contributed by atoms with Crippen molar-refractivity contribution in [3.8, 4) is 11.3 Å². The first kappa shape index (κ1) is 14.5. The van der Waals surface area contributed by atoms with Gasteiger partial charge in [0.15, 0.2) is 0 Å². The summed E-state index contributed by atoms with van der Waals surface area (Å²) in [6.45, 7) is 2.52. The molecule has 2 rings (SSSR count). The number of H-pyrrole nitrogens is 1. The Balaban J connectivity index is 2.08. The Bertz CT molecular complexity index is 639. The van der Waals surface area contributed by atoms with Crippen LogP contribution in [0.2, 0.25) is 0 Å². The first-order valence-electron chi connectivity index (χ1n) is 6.29. The molecule has 0 aliphatic rings. The number of aromatic amines is 1. The van der Waals surface area contributed by atoms with Crippen molar-refractivity contribution in [3.05, 3.63) is 36.5 Å². The van der Waals surface area contributed by atoms with Crippen LogP contribution in [0.5, 0.6) is 0 Å². The number of rotatable bonds is 7. The van der Waals surface area contributed by atoms with Gasteiger partial charge >= 0.3 is 0 Å². The molecule has 0 unspecified atom stereocenters. The number of nitrogens with one attached hydrogen (secondary N) is 2. The molecule has 2 aromatic rings. The fraction of sp³-hybridized carbons (Fsp3) is 0.308. The molecule has 6 nitrogen and oxygen atoms in total. The van der Waals surface area contributed by atoms with Crippen molar-refractivity contribution in [2.75, 3.05) is 23.7 Å². The second-order valence-corrected chi connectivity index (χ2v) is 6.01. The maximum Gasteiger partial charge on any atom is 0.234 e. The van der Waals surface area contributed by atoms with Crippen LogP contribution in [0, 0.1) is 0 Å². The largest absolute Gasteiger partial charge is 0.381 e. The summed E-state index contributed by atoms with van der Waals surface area (Å²) >= 11 is 0. The standard InChI is InChI=1S/C13H17N3O3S/c1-2-19-8-9-20(17,18)16-12-5-3-4-11(10-12)13-6-7-14-15-13/h3-7,10,16H,2,8-9H2,1H3,(H,14,15). The van der Waals surface area contributed by atoms with Gasteiger partial charge in [-0.3, -0.25) is 9.82 Å². The van der Waals surface area contributed by atoms with Crippen molar-refractivity contribution >= 4 is 15.7 Å². The van der Waals surface area contributed by atoms with Gasteiger partial charge < -0.3 is 4.74 Å². The van der Waals surface area contributed by atoms with Gasteiger partial charge in [-0.2, -0.15) is 5.10 Å². The lowest BCUT2D eigenvalue weighted by atomic mass is 10.1. The van der Waals surface area contributed by atoms with Gasteiger partial charge in [-0.1, -0.05) is 12.1 Å². The molecule has 0 amide bonds. The number of aromatic nitrogens is 2. The first-order chi connectivity index (χ1) is 9.61. The normalized spacial score (nSPS) is 11.4. The lowest BCUT2D eigenvalue weighted by Crippen LogP contribution is -2.20. The molecule has 2 N–H and O–H groups in total. The van der Waals surface area contributed by atoms with E-state index >= 15 is 0 Å². The third-order valence-corrected chi connectivity index (χ3v) is 3.90. The molecule has 1 heterocycles. The van der Waals surface area contributed by atoms with Gasteiger partial charge in [-0.15, -0.1) is 0 Å². The number of hydrogen-bond donors (Lipinski definition) is 2. The number of ether oxygens (including phenoxy) is 1. The second-order valence-electron chi connectivity index (χ2n) is 4.17. The molecule has 0 atom stereocenters. The van der Waals surface area contributed by atoms with Gasteiger partial charge in [0.05, 0.1) is 18.1 Å². The van der Waals surface area contributed by atoms with Gasteiger partial charge in [-0.25, -0.2) is 8.42 Å². The van der Waals surface area contributed by atoms with E-state index < -0.39 is 10.0 Å². The molecule has 1 aromatic heterocycles. The summed E-state index contributed by atoms with van der Waals surface area (Å²) in [5, 5.41) is 6.71. The van der Waals surface area contributed by atoms with Crippen molar-refractivity contribution in [2.24, 2.45) is 0 Å². The molecule has 0 spiro atoms. The molecule has 0 bridgehead atoms. The minimum absolute atomic E-state index is 0.0604. The summed E-state index contributed by atoms with van der Waals surface area (Å²) in [5.41, 5.74) is 2.22. The minimum atomic E-state index is -3.39. The lowest BCUT2D eigenvalue weighted by Gasteiger charge is -2.09. The first-order valence-corrected chi connectivity index (χ1v) is 7.94. The Hall–Kier alpha value is -1.86. The second kappa shape index (κ2) is 6.53. The van der Waals surface area contributed by atoms with Crippen LogP contribution in [0.4, 0.5) is 5.69 Å². The van der Waals surface area contributed by atoms with E-state index in [2.05, 4.69) is 14.9 Å². The van der Waals surface area contributed by atoms with Crippen LogP contribution >= 0.6 is 0 Å². The van der Waals surface area contributed by atoms with Gasteiger partial charge in [0.1, 0.15) is 0 Å². The van der Waals surface area contributed by atoms with Crippen molar-refractivity contribution < 1.29 is 13.2 Å². The van der Waals surface area contributed by atoms with Crippen molar-refractivity contribution in [3.63, 3.8) is 0 Å². The number of nitrogens with zero attached hydrogens (tertiary/aromatic N) is 1. The van der Waals surface area contributed by atoms with Gasteiger partial charge in [0, 0.05) is 24.1 Å². The van der Waals surface area contributed by atoms with E-state index in [1.165, 1.54) is 0 Å². The zero-order valence-electron chi connectivity index (χ0n) is 11.2. The van der Waals surface area contributed by atoms with Crippen molar-refractivity contribution in [2.45, 2.75) is 6.92 Å². The van der Waals surface area contributed by atoms with Crippen molar-refractivity contribution in [1.29, 1.82) is 0 Å². The minimum Gasteiger partial charge on any atom is -0.381 e. The molecule has 0 fully saturated rings. The topological polar surface area (TPSA) is 84.1 Å². The summed E-state index contributed by atoms with van der Waals surface area (Å²) in [7, 11) is -3.39. The van der Waals surface area contributed by atoms with E-state index in [0.29, 0.717) is 12.3 Å². The van der Waals surface area contributed by atoms with Crippen LogP contribution in [0.1, 0.15) is 6.92 Å². The molecular weight excluding hydrogens is 278 g/mol. The quantitative estimate of drug-likeness (QED) is 0.764. The average Bonchev–Trinajstić information content (AvgIpc) is 2.92. The zero-order chi connectivity index (χ0) is 14.4. The Morgan fingerprint density at radius 3 is 2.90 bits per heavy atom. The highest BCUT2D eigenvalue weighted by atomic mass is 32.2. The monoisotopic (exact) mass is 295 g/mol. The van der Waals surface area contributed by atoms with Crippen LogP contribution < -0.4 is 4.72 Å². The van der Waals surface area contributed by atoms with E-state index in [0.717, 1.165) is 11.3 Å². The molecule has 0 aliphatic heterocycles. The third kappa shape index (κ3) is 4.07. The predicted molar refractivity (Wildman–Crippen MR) is 77.9 cm³/mol. The van der Waals surface area contributed by atoms with Gasteiger partial charge in [0.25, 0.3) is 0 Å². The van der Waals surface area contributed by atoms with E-state index in [1.54, 1.807) is 24.4 Å². The molecule has 108 valence electrons. The highest BCUT2D eigenvalue weighted by Gasteiger charge is 2.10. The predicted octanol–water partition coefficient (Wildman–Crippen LogP) is 1.85. The van der Waals surface area contributed by atoms with Crippen LogP contribution in [0.25, 0.3) is 11.3 Å². The molecule has 7 heteroatoms. The van der Waals surface area contributed by atoms with Crippen LogP contribution in [0.15, 0.2) is 36.5 Å². The number of anilines is 1. The van der Waals surface area contributed by atoms with Crippen LogP contribution in [0.3, 0.4) is 0 Å². The molecule has 0 aliphatic carbocycles. The Morgan fingerprint density at radius 1 is 1.35 bits per heavy atom. The Morgan fingerprint density at radius 2 is 2.20 bits per heavy atom. The maximum atomic E-state index is 11.9. The molecule has 0 radical (unpaired) electrons. The summed E-state index contributed by atoms with van der Waals surface area (Å²) in [6.07, 6.45) is 1.65. The third-order valence-electron chi connectivity index (χ3n) is 2.65. The van der Waals surface area contributed by atoms with Crippen molar-refractivity contribution in [1.82, 2.24) is 10.2 Å². The summed E-state index contributed by atoms with van der Waals surface area (Å²) in [6, 6.07) is 8.95. The van der Waals surface area contributed by atoms with Crippen LogP contribution in [-0.4, -0.2) is 37.6 Å². The van der Waals surface area contributed by atoms with E-state index in [-0.39, 0.29) is 12.4 Å². The van der Waals surface area contributed by atoms with Gasteiger partial charge in [0.2, 0.25) is 10.0 Å². The lowest BCUT2D eigenvalue weighted by molar-refractivity contribution is 0.163. The number of benzene rings is 1. The highest BCUT2D eigenvalue weighted by Crippen LogP contribution is 2.20. The fourth-order valence-corrected chi connectivity index (χ4v) is 2.64. The Labute approximate surface area is 118 Å². The summed E-state index contributed by atoms with van der Waals surface area (Å²) in [4.78, 5) is 0. The summed E-state index contributed by atoms with van der Waals surface area (Å²) < 4.78 is 31.3. The SMILES string of the molecule is CCOCCS(=O)(=O)Nc1cccc(-c2ccn[nH]2)c1. The highest BCUT2D eigenvalue weighted by molar-refractivity contribution is 7.92. The number of sulfonamides is 1. The summed E-state index contributed by atoms with van der Waals surface area (Å²) in [5.74, 6) is -0.0604. The smallest absolute Gasteiger partial charge is 0.234 e. The van der Waals surface area contributed by atoms with Crippen LogP contribution in [-0.2, 0) is 14.8 Å².